The number of pyridine rings is 1. The standard InChI is InChI=1S/C10H7FN2O3S/c11-8-6(2-1-3-12-8)9(14)13-5-17-4-7(13)10(15)16/h1-4H,5H2,(H,15,16). The molecule has 1 aliphatic heterocycles. The monoisotopic (exact) mass is 254 g/mol. The lowest BCUT2D eigenvalue weighted by atomic mass is 10.2. The van der Waals surface area contributed by atoms with Crippen LogP contribution in [-0.2, 0) is 4.79 Å². The maximum Gasteiger partial charge on any atom is 0.353 e. The van der Waals surface area contributed by atoms with Crippen molar-refractivity contribution in [1.82, 2.24) is 9.88 Å². The molecule has 0 saturated carbocycles. The summed E-state index contributed by atoms with van der Waals surface area (Å²) >= 11 is 1.17. The van der Waals surface area contributed by atoms with Crippen LogP contribution in [0.3, 0.4) is 0 Å². The molecule has 0 radical (unpaired) electrons. The van der Waals surface area contributed by atoms with E-state index < -0.39 is 17.8 Å². The molecule has 0 aromatic carbocycles. The summed E-state index contributed by atoms with van der Waals surface area (Å²) in [4.78, 5) is 27.1. The Morgan fingerprint density at radius 2 is 2.29 bits per heavy atom. The molecule has 0 fully saturated rings. The van der Waals surface area contributed by atoms with Gasteiger partial charge >= 0.3 is 5.97 Å². The van der Waals surface area contributed by atoms with Crippen molar-refractivity contribution in [2.45, 2.75) is 0 Å². The maximum atomic E-state index is 13.3. The van der Waals surface area contributed by atoms with Gasteiger partial charge in [-0.15, -0.1) is 11.8 Å². The summed E-state index contributed by atoms with van der Waals surface area (Å²) in [5, 5.41) is 10.2. The van der Waals surface area contributed by atoms with Gasteiger partial charge in [0.05, 0.1) is 11.4 Å². The third kappa shape index (κ3) is 2.14. The summed E-state index contributed by atoms with van der Waals surface area (Å²) in [7, 11) is 0. The second-order valence-corrected chi connectivity index (χ2v) is 4.01. The molecule has 0 unspecified atom stereocenters. The molecular weight excluding hydrogens is 247 g/mol. The van der Waals surface area contributed by atoms with E-state index in [1.807, 2.05) is 0 Å². The predicted molar refractivity (Wildman–Crippen MR) is 58.5 cm³/mol. The van der Waals surface area contributed by atoms with Crippen molar-refractivity contribution in [3.05, 3.63) is 40.9 Å². The number of nitrogens with zero attached hydrogens (tertiary/aromatic N) is 2. The normalized spacial score (nSPS) is 14.6. The van der Waals surface area contributed by atoms with E-state index in [0.717, 1.165) is 4.90 Å². The van der Waals surface area contributed by atoms with Crippen molar-refractivity contribution < 1.29 is 19.1 Å². The van der Waals surface area contributed by atoms with Crippen LogP contribution in [0.1, 0.15) is 10.4 Å². The number of carboxylic acids is 1. The molecule has 1 N–H and O–H groups in total. The fraction of sp³-hybridized carbons (Fsp3) is 0.100. The van der Waals surface area contributed by atoms with Crippen LogP contribution in [0.4, 0.5) is 4.39 Å². The van der Waals surface area contributed by atoms with Crippen LogP contribution in [0, 0.1) is 5.95 Å². The average Bonchev–Trinajstić information content (AvgIpc) is 2.77. The highest BCUT2D eigenvalue weighted by atomic mass is 32.2. The molecule has 1 aromatic heterocycles. The Labute approximate surface area is 99.9 Å². The zero-order valence-corrected chi connectivity index (χ0v) is 9.28. The van der Waals surface area contributed by atoms with Crippen molar-refractivity contribution >= 4 is 23.6 Å². The van der Waals surface area contributed by atoms with E-state index in [2.05, 4.69) is 4.98 Å². The number of hydrogen-bond donors (Lipinski definition) is 1. The molecule has 5 nitrogen and oxygen atoms in total. The zero-order valence-electron chi connectivity index (χ0n) is 8.46. The largest absolute Gasteiger partial charge is 0.477 e. The van der Waals surface area contributed by atoms with E-state index in [1.54, 1.807) is 0 Å². The second kappa shape index (κ2) is 4.54. The molecule has 1 aliphatic rings. The van der Waals surface area contributed by atoms with E-state index in [-0.39, 0.29) is 17.1 Å². The minimum atomic E-state index is -1.22. The molecule has 0 aliphatic carbocycles. The van der Waals surface area contributed by atoms with Crippen molar-refractivity contribution in [3.8, 4) is 0 Å². The van der Waals surface area contributed by atoms with Crippen molar-refractivity contribution in [1.29, 1.82) is 0 Å². The number of aromatic nitrogens is 1. The van der Waals surface area contributed by atoms with Crippen LogP contribution < -0.4 is 0 Å². The topological polar surface area (TPSA) is 70.5 Å². The molecule has 2 heterocycles. The highest BCUT2D eigenvalue weighted by molar-refractivity contribution is 8.02. The van der Waals surface area contributed by atoms with E-state index in [9.17, 15) is 14.0 Å². The number of carboxylic acid groups (broad SMARTS) is 1. The number of halogens is 1. The third-order valence-corrected chi connectivity index (χ3v) is 2.94. The molecule has 0 saturated heterocycles. The summed E-state index contributed by atoms with van der Waals surface area (Å²) in [5.41, 5.74) is -0.384. The Hall–Kier alpha value is -1.89. The Balaban J connectivity index is 2.31. The van der Waals surface area contributed by atoms with Gasteiger partial charge in [-0.2, -0.15) is 4.39 Å². The first kappa shape index (κ1) is 11.6. The molecule has 7 heteroatoms. The molecule has 2 rings (SSSR count). The first-order valence-corrected chi connectivity index (χ1v) is 5.63. The lowest BCUT2D eigenvalue weighted by Crippen LogP contribution is -2.31. The number of carbonyl (C=O) groups excluding carboxylic acids is 1. The first-order chi connectivity index (χ1) is 8.11. The van der Waals surface area contributed by atoms with Crippen molar-refractivity contribution in [2.24, 2.45) is 0 Å². The summed E-state index contributed by atoms with van der Waals surface area (Å²) in [6.45, 7) is 0. The Kier molecular flexibility index (Phi) is 3.10. The number of carbonyl (C=O) groups is 2. The Bertz CT molecular complexity index is 518. The van der Waals surface area contributed by atoms with E-state index in [0.29, 0.717) is 0 Å². The number of hydrogen-bond acceptors (Lipinski definition) is 4. The number of aliphatic carboxylic acids is 1. The van der Waals surface area contributed by atoms with Gasteiger partial charge in [0.25, 0.3) is 5.91 Å². The molecule has 0 spiro atoms. The van der Waals surface area contributed by atoms with Crippen molar-refractivity contribution in [2.75, 3.05) is 5.88 Å². The molecule has 1 amide bonds. The number of thioether (sulfide) groups is 1. The maximum absolute atomic E-state index is 13.3. The molecule has 1 aromatic rings. The summed E-state index contributed by atoms with van der Waals surface area (Å²) < 4.78 is 13.3. The van der Waals surface area contributed by atoms with Crippen LogP contribution in [-0.4, -0.2) is 32.7 Å². The molecule has 17 heavy (non-hydrogen) atoms. The molecule has 88 valence electrons. The van der Waals surface area contributed by atoms with Gasteiger partial charge in [-0.3, -0.25) is 9.69 Å². The van der Waals surface area contributed by atoms with Crippen molar-refractivity contribution in [3.63, 3.8) is 0 Å². The molecule has 0 bridgehead atoms. The van der Waals surface area contributed by atoms with Crippen LogP contribution in [0.2, 0.25) is 0 Å². The van der Waals surface area contributed by atoms with Gasteiger partial charge in [-0.1, -0.05) is 0 Å². The van der Waals surface area contributed by atoms with Crippen LogP contribution in [0.5, 0.6) is 0 Å². The lowest BCUT2D eigenvalue weighted by molar-refractivity contribution is -0.134. The van der Waals surface area contributed by atoms with Gasteiger partial charge in [-0.05, 0) is 12.1 Å². The van der Waals surface area contributed by atoms with Crippen LogP contribution in [0.25, 0.3) is 0 Å². The highest BCUT2D eigenvalue weighted by Gasteiger charge is 2.29. The van der Waals surface area contributed by atoms with E-state index in [1.165, 1.54) is 35.5 Å². The minimum absolute atomic E-state index is 0.150. The number of amides is 1. The fourth-order valence-electron chi connectivity index (χ4n) is 1.35. The predicted octanol–water partition coefficient (Wildman–Crippen LogP) is 1.29. The van der Waals surface area contributed by atoms with Crippen LogP contribution in [0.15, 0.2) is 29.4 Å². The third-order valence-electron chi connectivity index (χ3n) is 2.14. The van der Waals surface area contributed by atoms with Gasteiger partial charge in [0.2, 0.25) is 5.95 Å². The minimum Gasteiger partial charge on any atom is -0.477 e. The average molecular weight is 254 g/mol. The van der Waals surface area contributed by atoms with Gasteiger partial charge < -0.3 is 5.11 Å². The van der Waals surface area contributed by atoms with Gasteiger partial charge in [0.1, 0.15) is 5.70 Å². The lowest BCUT2D eigenvalue weighted by Gasteiger charge is -2.16. The van der Waals surface area contributed by atoms with E-state index in [4.69, 9.17) is 5.11 Å². The molecule has 0 atom stereocenters. The van der Waals surface area contributed by atoms with Gasteiger partial charge in [0, 0.05) is 11.6 Å². The Morgan fingerprint density at radius 3 is 2.94 bits per heavy atom. The Morgan fingerprint density at radius 1 is 1.53 bits per heavy atom. The van der Waals surface area contributed by atoms with Crippen LogP contribution >= 0.6 is 11.8 Å². The quantitative estimate of drug-likeness (QED) is 0.805. The summed E-state index contributed by atoms with van der Waals surface area (Å²) in [6.07, 6.45) is 1.22. The summed E-state index contributed by atoms with van der Waals surface area (Å²) in [5.74, 6) is -2.66. The van der Waals surface area contributed by atoms with E-state index >= 15 is 0 Å². The second-order valence-electron chi connectivity index (χ2n) is 3.18. The zero-order chi connectivity index (χ0) is 12.4. The fourth-order valence-corrected chi connectivity index (χ4v) is 2.21. The molecular formula is C10H7FN2O3S. The van der Waals surface area contributed by atoms with Gasteiger partial charge in [0.15, 0.2) is 0 Å². The number of rotatable bonds is 2. The highest BCUT2D eigenvalue weighted by Crippen LogP contribution is 2.25. The summed E-state index contributed by atoms with van der Waals surface area (Å²) in [6, 6.07) is 2.69. The first-order valence-electron chi connectivity index (χ1n) is 4.58. The SMILES string of the molecule is O=C(O)C1=CSCN1C(=O)c1cccnc1F. The smallest absolute Gasteiger partial charge is 0.353 e. The van der Waals surface area contributed by atoms with Gasteiger partial charge in [-0.25, -0.2) is 9.78 Å².